The van der Waals surface area contributed by atoms with Gasteiger partial charge in [-0.25, -0.2) is 4.98 Å². The van der Waals surface area contributed by atoms with Gasteiger partial charge in [-0.15, -0.1) is 29.3 Å². The van der Waals surface area contributed by atoms with Crippen LogP contribution in [0, 0.1) is 0 Å². The smallest absolute Gasteiger partial charge is 0.263 e. The summed E-state index contributed by atoms with van der Waals surface area (Å²) in [5.74, 6) is -0.142. The lowest BCUT2D eigenvalue weighted by Gasteiger charge is -2.15. The van der Waals surface area contributed by atoms with Gasteiger partial charge in [-0.05, 0) is 30.5 Å². The van der Waals surface area contributed by atoms with Crippen molar-refractivity contribution in [2.45, 2.75) is 23.9 Å². The zero-order valence-electron chi connectivity index (χ0n) is 16.2. The number of benzene rings is 1. The van der Waals surface area contributed by atoms with Gasteiger partial charge in [-0.1, -0.05) is 42.1 Å². The van der Waals surface area contributed by atoms with Crippen molar-refractivity contribution in [2.24, 2.45) is 0 Å². The number of amides is 1. The number of hydrogen-bond donors (Lipinski definition) is 1. The number of aromatic nitrogens is 2. The van der Waals surface area contributed by atoms with E-state index in [9.17, 15) is 9.59 Å². The molecule has 0 saturated heterocycles. The van der Waals surface area contributed by atoms with E-state index in [4.69, 9.17) is 4.98 Å². The van der Waals surface area contributed by atoms with Gasteiger partial charge < -0.3 is 5.32 Å². The highest BCUT2D eigenvalue weighted by Gasteiger charge is 2.21. The molecule has 1 aromatic carbocycles. The van der Waals surface area contributed by atoms with E-state index < -0.39 is 5.25 Å². The van der Waals surface area contributed by atoms with Crippen LogP contribution in [0.5, 0.6) is 0 Å². The molecule has 0 aliphatic heterocycles. The van der Waals surface area contributed by atoms with Gasteiger partial charge in [0, 0.05) is 28.1 Å². The summed E-state index contributed by atoms with van der Waals surface area (Å²) in [5, 5.41) is 7.57. The lowest BCUT2D eigenvalue weighted by molar-refractivity contribution is -0.115. The van der Waals surface area contributed by atoms with Crippen molar-refractivity contribution in [3.05, 3.63) is 76.2 Å². The maximum Gasteiger partial charge on any atom is 0.263 e. The number of thioether (sulfide) groups is 1. The molecule has 1 N–H and O–H groups in total. The second-order valence-corrected chi connectivity index (χ2v) is 9.63. The van der Waals surface area contributed by atoms with Crippen molar-refractivity contribution in [1.29, 1.82) is 0 Å². The largest absolute Gasteiger partial charge is 0.325 e. The Labute approximate surface area is 186 Å². The summed E-state index contributed by atoms with van der Waals surface area (Å²) in [5.41, 5.74) is 1.54. The minimum Gasteiger partial charge on any atom is -0.325 e. The molecule has 0 radical (unpaired) electrons. The number of carbonyl (C=O) groups excluding carboxylic acids is 1. The number of carbonyl (C=O) groups is 1. The van der Waals surface area contributed by atoms with Gasteiger partial charge in [0.2, 0.25) is 5.91 Å². The fourth-order valence-corrected chi connectivity index (χ4v) is 5.70. The lowest BCUT2D eigenvalue weighted by Crippen LogP contribution is -2.26. The van der Waals surface area contributed by atoms with Crippen LogP contribution in [0.25, 0.3) is 20.7 Å². The number of fused-ring (bicyclic) bond motifs is 1. The van der Waals surface area contributed by atoms with E-state index in [-0.39, 0.29) is 11.5 Å². The van der Waals surface area contributed by atoms with Crippen LogP contribution in [0.3, 0.4) is 0 Å². The van der Waals surface area contributed by atoms with E-state index in [2.05, 4.69) is 11.9 Å². The van der Waals surface area contributed by atoms with Gasteiger partial charge in [-0.3, -0.25) is 14.2 Å². The Hall–Kier alpha value is -2.68. The second-order valence-electron chi connectivity index (χ2n) is 6.52. The molecule has 152 valence electrons. The highest BCUT2D eigenvalue weighted by Crippen LogP contribution is 2.35. The van der Waals surface area contributed by atoms with Crippen molar-refractivity contribution in [2.75, 3.05) is 5.32 Å². The summed E-state index contributed by atoms with van der Waals surface area (Å²) in [4.78, 5) is 32.4. The molecule has 0 fully saturated rings. The molecule has 4 aromatic rings. The Morgan fingerprint density at radius 3 is 2.77 bits per heavy atom. The van der Waals surface area contributed by atoms with E-state index in [1.807, 2.05) is 60.1 Å². The third kappa shape index (κ3) is 4.12. The molecule has 8 heteroatoms. The fourth-order valence-electron chi connectivity index (χ4n) is 2.98. The Bertz CT molecular complexity index is 1240. The van der Waals surface area contributed by atoms with Crippen molar-refractivity contribution in [3.63, 3.8) is 0 Å². The first-order valence-corrected chi connectivity index (χ1v) is 11.9. The molecule has 4 rings (SSSR count). The van der Waals surface area contributed by atoms with E-state index in [0.717, 1.165) is 16.1 Å². The van der Waals surface area contributed by atoms with Gasteiger partial charge in [-0.2, -0.15) is 0 Å². The van der Waals surface area contributed by atoms with Gasteiger partial charge in [0.15, 0.2) is 5.16 Å². The van der Waals surface area contributed by atoms with Crippen LogP contribution in [-0.2, 0) is 11.3 Å². The molecule has 1 amide bonds. The van der Waals surface area contributed by atoms with Gasteiger partial charge in [0.1, 0.15) is 4.83 Å². The third-order valence-electron chi connectivity index (χ3n) is 4.45. The number of hydrogen-bond acceptors (Lipinski definition) is 6. The molecule has 1 unspecified atom stereocenters. The number of anilines is 1. The molecule has 0 aliphatic rings. The molecular formula is C22H19N3O2S3. The van der Waals surface area contributed by atoms with Gasteiger partial charge in [0.05, 0.1) is 10.6 Å². The van der Waals surface area contributed by atoms with E-state index in [1.165, 1.54) is 23.1 Å². The third-order valence-corrected chi connectivity index (χ3v) is 7.32. The van der Waals surface area contributed by atoms with Gasteiger partial charge >= 0.3 is 0 Å². The average molecular weight is 454 g/mol. The number of rotatable bonds is 7. The maximum atomic E-state index is 13.3. The predicted molar refractivity (Wildman–Crippen MR) is 128 cm³/mol. The van der Waals surface area contributed by atoms with Crippen LogP contribution in [-0.4, -0.2) is 20.7 Å². The van der Waals surface area contributed by atoms with E-state index in [1.54, 1.807) is 22.0 Å². The quantitative estimate of drug-likeness (QED) is 0.228. The van der Waals surface area contributed by atoms with Gasteiger partial charge in [0.25, 0.3) is 5.56 Å². The molecule has 0 spiro atoms. The number of para-hydroxylation sites is 1. The standard InChI is InChI=1S/C22H19N3O2S3/c1-3-11-25-21(27)18-16(17-10-7-12-28-17)13-29-20(18)24-22(25)30-14(2)19(26)23-15-8-5-4-6-9-15/h3-10,12-14H,1,11H2,2H3,(H,23,26). The van der Waals surface area contributed by atoms with Crippen LogP contribution in [0.4, 0.5) is 5.69 Å². The number of nitrogens with one attached hydrogen (secondary N) is 1. The summed E-state index contributed by atoms with van der Waals surface area (Å²) in [6, 6.07) is 13.3. The molecule has 3 heterocycles. The van der Waals surface area contributed by atoms with Crippen molar-refractivity contribution >= 4 is 56.2 Å². The second kappa shape index (κ2) is 8.99. The van der Waals surface area contributed by atoms with Crippen LogP contribution in [0.15, 0.2) is 75.8 Å². The summed E-state index contributed by atoms with van der Waals surface area (Å²) in [6.45, 7) is 5.92. The summed E-state index contributed by atoms with van der Waals surface area (Å²) >= 11 is 4.32. The zero-order chi connectivity index (χ0) is 21.1. The highest BCUT2D eigenvalue weighted by molar-refractivity contribution is 8.00. The minimum atomic E-state index is -0.428. The molecule has 1 atom stereocenters. The first-order valence-electron chi connectivity index (χ1n) is 9.28. The minimum absolute atomic E-state index is 0.109. The molecule has 0 saturated carbocycles. The first-order chi connectivity index (χ1) is 14.6. The Kier molecular flexibility index (Phi) is 6.17. The summed E-state index contributed by atoms with van der Waals surface area (Å²) in [6.07, 6.45) is 1.67. The SMILES string of the molecule is C=CCn1c(SC(C)C(=O)Nc2ccccc2)nc2scc(-c3cccs3)c2c1=O. The summed E-state index contributed by atoms with van der Waals surface area (Å²) in [7, 11) is 0. The predicted octanol–water partition coefficient (Wildman–Crippen LogP) is 5.49. The number of allylic oxidation sites excluding steroid dienone is 1. The molecule has 5 nitrogen and oxygen atoms in total. The van der Waals surface area contributed by atoms with Crippen LogP contribution >= 0.6 is 34.4 Å². The molecule has 0 bridgehead atoms. The van der Waals surface area contributed by atoms with E-state index >= 15 is 0 Å². The molecule has 3 aromatic heterocycles. The highest BCUT2D eigenvalue weighted by atomic mass is 32.2. The Morgan fingerprint density at radius 2 is 2.07 bits per heavy atom. The van der Waals surface area contributed by atoms with Crippen molar-refractivity contribution in [1.82, 2.24) is 9.55 Å². The molecule has 30 heavy (non-hydrogen) atoms. The fraction of sp³-hybridized carbons (Fsp3) is 0.136. The summed E-state index contributed by atoms with van der Waals surface area (Å²) < 4.78 is 1.59. The maximum absolute atomic E-state index is 13.3. The van der Waals surface area contributed by atoms with Crippen LogP contribution in [0.1, 0.15) is 6.92 Å². The lowest BCUT2D eigenvalue weighted by atomic mass is 10.2. The van der Waals surface area contributed by atoms with Crippen LogP contribution < -0.4 is 10.9 Å². The normalized spacial score (nSPS) is 12.0. The van der Waals surface area contributed by atoms with E-state index in [0.29, 0.717) is 21.9 Å². The molecule has 0 aliphatic carbocycles. The number of thiophene rings is 2. The van der Waals surface area contributed by atoms with Crippen molar-refractivity contribution < 1.29 is 4.79 Å². The van der Waals surface area contributed by atoms with Crippen LogP contribution in [0.2, 0.25) is 0 Å². The zero-order valence-corrected chi connectivity index (χ0v) is 18.7. The van der Waals surface area contributed by atoms with Crippen molar-refractivity contribution in [3.8, 4) is 10.4 Å². The average Bonchev–Trinajstić information content (AvgIpc) is 3.41. The molecular weight excluding hydrogens is 434 g/mol. The number of nitrogens with zero attached hydrogens (tertiary/aromatic N) is 2. The monoisotopic (exact) mass is 453 g/mol. The first kappa shape index (κ1) is 20.6. The topological polar surface area (TPSA) is 64.0 Å². The Balaban J connectivity index is 1.68. The Morgan fingerprint density at radius 1 is 1.27 bits per heavy atom.